The van der Waals surface area contributed by atoms with E-state index >= 15 is 0 Å². The molecule has 1 aromatic rings. The monoisotopic (exact) mass is 288 g/mol. The standard InChI is InChI=1S/C13H19F3N4/c1-12(2)5-4-6-20(8-12)10-7-9(13(14,15)16)18-11(17-3)19-10/h7H,4-6,8H2,1-3H3,(H,17,18,19). The second-order valence-corrected chi connectivity index (χ2v) is 5.87. The highest BCUT2D eigenvalue weighted by molar-refractivity contribution is 5.46. The normalized spacial score (nSPS) is 19.0. The number of piperidine rings is 1. The van der Waals surface area contributed by atoms with E-state index in [-0.39, 0.29) is 11.4 Å². The third-order valence-corrected chi connectivity index (χ3v) is 3.45. The second-order valence-electron chi connectivity index (χ2n) is 5.87. The average Bonchev–Trinajstić information content (AvgIpc) is 2.36. The number of nitrogens with one attached hydrogen (secondary N) is 1. The molecule has 0 saturated carbocycles. The molecule has 0 aromatic carbocycles. The van der Waals surface area contributed by atoms with Gasteiger partial charge in [-0.1, -0.05) is 13.8 Å². The van der Waals surface area contributed by atoms with Crippen LogP contribution < -0.4 is 10.2 Å². The SMILES string of the molecule is CNc1nc(N2CCCC(C)(C)C2)cc(C(F)(F)F)n1. The van der Waals surface area contributed by atoms with E-state index in [1.165, 1.54) is 7.05 Å². The minimum Gasteiger partial charge on any atom is -0.357 e. The Kier molecular flexibility index (Phi) is 3.80. The van der Waals surface area contributed by atoms with Crippen molar-refractivity contribution in [3.05, 3.63) is 11.8 Å². The summed E-state index contributed by atoms with van der Waals surface area (Å²) in [4.78, 5) is 9.54. The Morgan fingerprint density at radius 3 is 2.55 bits per heavy atom. The van der Waals surface area contributed by atoms with Crippen molar-refractivity contribution in [2.24, 2.45) is 5.41 Å². The minimum absolute atomic E-state index is 0.00166. The molecule has 1 aliphatic heterocycles. The molecule has 1 aliphatic rings. The zero-order chi connectivity index (χ0) is 15.0. The van der Waals surface area contributed by atoms with Crippen molar-refractivity contribution in [2.75, 3.05) is 30.4 Å². The van der Waals surface area contributed by atoms with Crippen molar-refractivity contribution in [1.82, 2.24) is 9.97 Å². The Bertz CT molecular complexity index is 485. The van der Waals surface area contributed by atoms with Crippen LogP contribution in [0.25, 0.3) is 0 Å². The second kappa shape index (κ2) is 5.10. The molecule has 0 bridgehead atoms. The number of nitrogens with zero attached hydrogens (tertiary/aromatic N) is 3. The van der Waals surface area contributed by atoms with E-state index < -0.39 is 11.9 Å². The number of alkyl halides is 3. The van der Waals surface area contributed by atoms with E-state index in [0.29, 0.717) is 12.4 Å². The molecule has 112 valence electrons. The van der Waals surface area contributed by atoms with Gasteiger partial charge in [0.15, 0.2) is 5.69 Å². The molecule has 0 spiro atoms. The summed E-state index contributed by atoms with van der Waals surface area (Å²) >= 11 is 0. The van der Waals surface area contributed by atoms with E-state index in [1.807, 2.05) is 4.90 Å². The molecule has 1 N–H and O–H groups in total. The van der Waals surface area contributed by atoms with Gasteiger partial charge in [-0.3, -0.25) is 0 Å². The lowest BCUT2D eigenvalue weighted by Crippen LogP contribution is -2.40. The Morgan fingerprint density at radius 2 is 2.00 bits per heavy atom. The van der Waals surface area contributed by atoms with Crippen LogP contribution in [0.1, 0.15) is 32.4 Å². The van der Waals surface area contributed by atoms with Crippen molar-refractivity contribution in [1.29, 1.82) is 0 Å². The largest absolute Gasteiger partial charge is 0.433 e. The fourth-order valence-corrected chi connectivity index (χ4v) is 2.47. The molecule has 0 amide bonds. The van der Waals surface area contributed by atoms with Crippen LogP contribution in [0.2, 0.25) is 0 Å². The summed E-state index contributed by atoms with van der Waals surface area (Å²) in [5.74, 6) is 0.336. The highest BCUT2D eigenvalue weighted by Crippen LogP contribution is 2.34. The minimum atomic E-state index is -4.46. The van der Waals surface area contributed by atoms with Crippen LogP contribution in [-0.4, -0.2) is 30.1 Å². The third kappa shape index (κ3) is 3.32. The van der Waals surface area contributed by atoms with Gasteiger partial charge in [0.1, 0.15) is 5.82 Å². The molecule has 1 aromatic heterocycles. The van der Waals surface area contributed by atoms with Crippen LogP contribution in [0.4, 0.5) is 24.9 Å². The van der Waals surface area contributed by atoms with Crippen molar-refractivity contribution in [3.8, 4) is 0 Å². The molecule has 0 atom stereocenters. The molecule has 0 aliphatic carbocycles. The smallest absolute Gasteiger partial charge is 0.357 e. The first kappa shape index (κ1) is 14.9. The van der Waals surface area contributed by atoms with E-state index in [1.54, 1.807) is 0 Å². The topological polar surface area (TPSA) is 41.1 Å². The van der Waals surface area contributed by atoms with E-state index in [9.17, 15) is 13.2 Å². The number of halogens is 3. The number of hydrogen-bond acceptors (Lipinski definition) is 4. The van der Waals surface area contributed by atoms with E-state index in [2.05, 4.69) is 29.1 Å². The van der Waals surface area contributed by atoms with Gasteiger partial charge in [0.2, 0.25) is 5.95 Å². The highest BCUT2D eigenvalue weighted by Gasteiger charge is 2.35. The molecule has 7 heteroatoms. The summed E-state index contributed by atoms with van der Waals surface area (Å²) in [6, 6.07) is 1.03. The van der Waals surface area contributed by atoms with Gasteiger partial charge in [-0.05, 0) is 18.3 Å². The molecular formula is C13H19F3N4. The third-order valence-electron chi connectivity index (χ3n) is 3.45. The quantitative estimate of drug-likeness (QED) is 0.907. The highest BCUT2D eigenvalue weighted by atomic mass is 19.4. The Hall–Kier alpha value is -1.53. The summed E-state index contributed by atoms with van der Waals surface area (Å²) in [7, 11) is 1.51. The molecule has 0 radical (unpaired) electrons. The number of anilines is 2. The summed E-state index contributed by atoms with van der Waals surface area (Å²) in [6.45, 7) is 5.65. The first-order valence-electron chi connectivity index (χ1n) is 6.60. The van der Waals surface area contributed by atoms with Crippen LogP contribution >= 0.6 is 0 Å². The van der Waals surface area contributed by atoms with Gasteiger partial charge < -0.3 is 10.2 Å². The summed E-state index contributed by atoms with van der Waals surface area (Å²) in [6.07, 6.45) is -2.44. The number of hydrogen-bond donors (Lipinski definition) is 1. The van der Waals surface area contributed by atoms with Gasteiger partial charge in [0, 0.05) is 26.2 Å². The van der Waals surface area contributed by atoms with E-state index in [0.717, 1.165) is 25.5 Å². The first-order chi connectivity index (χ1) is 9.21. The molecule has 20 heavy (non-hydrogen) atoms. The predicted octanol–water partition coefficient (Wildman–Crippen LogP) is 3.16. The molecule has 4 nitrogen and oxygen atoms in total. The lowest BCUT2D eigenvalue weighted by molar-refractivity contribution is -0.141. The molecule has 2 rings (SSSR count). The number of aromatic nitrogens is 2. The van der Waals surface area contributed by atoms with Gasteiger partial charge in [-0.25, -0.2) is 4.98 Å². The fourth-order valence-electron chi connectivity index (χ4n) is 2.47. The van der Waals surface area contributed by atoms with Gasteiger partial charge >= 0.3 is 6.18 Å². The molecule has 1 fully saturated rings. The van der Waals surface area contributed by atoms with Crippen LogP contribution in [0.5, 0.6) is 0 Å². The lowest BCUT2D eigenvalue weighted by Gasteiger charge is -2.38. The molecule has 0 unspecified atom stereocenters. The van der Waals surface area contributed by atoms with Crippen molar-refractivity contribution < 1.29 is 13.2 Å². The average molecular weight is 288 g/mol. The first-order valence-corrected chi connectivity index (χ1v) is 6.60. The maximum atomic E-state index is 12.9. The van der Waals surface area contributed by atoms with Gasteiger partial charge in [0.05, 0.1) is 0 Å². The van der Waals surface area contributed by atoms with Crippen LogP contribution in [0.15, 0.2) is 6.07 Å². The van der Waals surface area contributed by atoms with Gasteiger partial charge in [-0.2, -0.15) is 18.2 Å². The summed E-state index contributed by atoms with van der Waals surface area (Å²) in [5.41, 5.74) is -0.822. The van der Waals surface area contributed by atoms with Crippen LogP contribution in [0.3, 0.4) is 0 Å². The van der Waals surface area contributed by atoms with Crippen molar-refractivity contribution in [3.63, 3.8) is 0 Å². The zero-order valence-electron chi connectivity index (χ0n) is 11.9. The fraction of sp³-hybridized carbons (Fsp3) is 0.692. The van der Waals surface area contributed by atoms with Crippen molar-refractivity contribution >= 4 is 11.8 Å². The maximum absolute atomic E-state index is 12.9. The van der Waals surface area contributed by atoms with E-state index in [4.69, 9.17) is 0 Å². The Morgan fingerprint density at radius 1 is 1.30 bits per heavy atom. The summed E-state index contributed by atoms with van der Waals surface area (Å²) in [5, 5.41) is 2.59. The summed E-state index contributed by atoms with van der Waals surface area (Å²) < 4.78 is 38.6. The Labute approximate surface area is 116 Å². The maximum Gasteiger partial charge on any atom is 0.433 e. The van der Waals surface area contributed by atoms with Crippen molar-refractivity contribution in [2.45, 2.75) is 32.9 Å². The predicted molar refractivity (Wildman–Crippen MR) is 71.8 cm³/mol. The zero-order valence-corrected chi connectivity index (χ0v) is 11.9. The van der Waals surface area contributed by atoms with Crippen LogP contribution in [0, 0.1) is 5.41 Å². The van der Waals surface area contributed by atoms with Gasteiger partial charge in [-0.15, -0.1) is 0 Å². The molecule has 1 saturated heterocycles. The van der Waals surface area contributed by atoms with Gasteiger partial charge in [0.25, 0.3) is 0 Å². The number of rotatable bonds is 2. The lowest BCUT2D eigenvalue weighted by atomic mass is 9.84. The Balaban J connectivity index is 2.36. The van der Waals surface area contributed by atoms with Crippen LogP contribution in [-0.2, 0) is 6.18 Å². The molecular weight excluding hydrogens is 269 g/mol. The molecule has 2 heterocycles.